The van der Waals surface area contributed by atoms with Crippen molar-refractivity contribution in [1.82, 2.24) is 5.32 Å². The Labute approximate surface area is 232 Å². The quantitative estimate of drug-likeness (QED) is 0.139. The second kappa shape index (κ2) is 13.3. The van der Waals surface area contributed by atoms with Gasteiger partial charge < -0.3 is 15.4 Å². The van der Waals surface area contributed by atoms with Gasteiger partial charge in [-0.3, -0.25) is 14.4 Å². The van der Waals surface area contributed by atoms with Crippen molar-refractivity contribution < 1.29 is 19.1 Å². The molecule has 0 bridgehead atoms. The zero-order valence-electron chi connectivity index (χ0n) is 21.6. The minimum absolute atomic E-state index is 0.0565. The van der Waals surface area contributed by atoms with Crippen LogP contribution in [0.15, 0.2) is 114 Å². The Morgan fingerprint density at radius 3 is 2.33 bits per heavy atom. The molecule has 0 spiro atoms. The maximum atomic E-state index is 13.4. The van der Waals surface area contributed by atoms with E-state index in [0.717, 1.165) is 16.0 Å². The maximum absolute atomic E-state index is 13.4. The average Bonchev–Trinajstić information content (AvgIpc) is 2.97. The van der Waals surface area contributed by atoms with E-state index in [9.17, 15) is 14.4 Å². The van der Waals surface area contributed by atoms with Gasteiger partial charge in [0.2, 0.25) is 0 Å². The Balaban J connectivity index is 1.50. The molecule has 7 heteroatoms. The summed E-state index contributed by atoms with van der Waals surface area (Å²) in [5.41, 5.74) is 3.41. The molecule has 4 rings (SSSR count). The van der Waals surface area contributed by atoms with E-state index in [2.05, 4.69) is 10.6 Å². The lowest BCUT2D eigenvalue weighted by Gasteiger charge is -2.13. The number of hydrogen-bond donors (Lipinski definition) is 2. The molecule has 0 atom stereocenters. The molecule has 196 valence electrons. The summed E-state index contributed by atoms with van der Waals surface area (Å²) in [6, 6.07) is 30.7. The normalized spacial score (nSPS) is 11.0. The van der Waals surface area contributed by atoms with E-state index in [1.165, 1.54) is 18.9 Å². The first-order valence-electron chi connectivity index (χ1n) is 12.3. The monoisotopic (exact) mass is 536 g/mol. The van der Waals surface area contributed by atoms with Crippen molar-refractivity contribution in [2.45, 2.75) is 11.8 Å². The van der Waals surface area contributed by atoms with Gasteiger partial charge in [0.25, 0.3) is 11.8 Å². The van der Waals surface area contributed by atoms with Crippen LogP contribution in [0, 0.1) is 6.92 Å². The summed E-state index contributed by atoms with van der Waals surface area (Å²) < 4.78 is 5.30. The lowest BCUT2D eigenvalue weighted by molar-refractivity contribution is -0.113. The molecule has 0 aliphatic heterocycles. The summed E-state index contributed by atoms with van der Waals surface area (Å²) in [5, 5.41) is 5.64. The predicted molar refractivity (Wildman–Crippen MR) is 156 cm³/mol. The lowest BCUT2D eigenvalue weighted by atomic mass is 10.1. The summed E-state index contributed by atoms with van der Waals surface area (Å²) in [7, 11) is 1.54. The van der Waals surface area contributed by atoms with Gasteiger partial charge in [-0.1, -0.05) is 60.7 Å². The third kappa shape index (κ3) is 7.46. The lowest BCUT2D eigenvalue weighted by Crippen LogP contribution is -2.30. The van der Waals surface area contributed by atoms with Gasteiger partial charge in [-0.15, -0.1) is 11.8 Å². The molecule has 0 aromatic heterocycles. The van der Waals surface area contributed by atoms with Gasteiger partial charge in [-0.05, 0) is 66.6 Å². The number of thioether (sulfide) groups is 1. The van der Waals surface area contributed by atoms with Crippen molar-refractivity contribution in [1.29, 1.82) is 0 Å². The number of ketones is 1. The van der Waals surface area contributed by atoms with Crippen LogP contribution in [0.4, 0.5) is 5.69 Å². The number of carbonyl (C=O) groups is 3. The Morgan fingerprint density at radius 2 is 1.56 bits per heavy atom. The molecular weight excluding hydrogens is 508 g/mol. The first kappa shape index (κ1) is 27.4. The first-order chi connectivity index (χ1) is 18.9. The van der Waals surface area contributed by atoms with Gasteiger partial charge in [0.05, 0.1) is 18.4 Å². The number of hydrogen-bond acceptors (Lipinski definition) is 5. The van der Waals surface area contributed by atoms with Crippen LogP contribution in [-0.4, -0.2) is 30.5 Å². The maximum Gasteiger partial charge on any atom is 0.272 e. The van der Waals surface area contributed by atoms with Crippen LogP contribution in [0.3, 0.4) is 0 Å². The molecule has 0 saturated carbocycles. The topological polar surface area (TPSA) is 84.5 Å². The van der Waals surface area contributed by atoms with Crippen LogP contribution in [0.5, 0.6) is 5.75 Å². The Kier molecular flexibility index (Phi) is 9.32. The number of benzene rings is 4. The molecular formula is C32H28N2O4S. The van der Waals surface area contributed by atoms with Gasteiger partial charge in [-0.2, -0.15) is 0 Å². The molecule has 0 saturated heterocycles. The van der Waals surface area contributed by atoms with E-state index < -0.39 is 5.91 Å². The van der Waals surface area contributed by atoms with E-state index in [-0.39, 0.29) is 23.1 Å². The first-order valence-corrected chi connectivity index (χ1v) is 13.3. The number of ether oxygens (including phenoxy) is 1. The zero-order valence-corrected chi connectivity index (χ0v) is 22.5. The number of anilines is 1. The van der Waals surface area contributed by atoms with Crippen LogP contribution in [0.25, 0.3) is 6.08 Å². The summed E-state index contributed by atoms with van der Waals surface area (Å²) in [6.07, 6.45) is 1.66. The number of nitrogens with one attached hydrogen (secondary N) is 2. The van der Waals surface area contributed by atoms with Crippen molar-refractivity contribution in [2.75, 3.05) is 18.2 Å². The number of para-hydroxylation sites is 1. The number of carbonyl (C=O) groups excluding carboxylic acids is 3. The molecule has 4 aromatic rings. The van der Waals surface area contributed by atoms with Crippen LogP contribution in [0.1, 0.15) is 31.8 Å². The van der Waals surface area contributed by atoms with Crippen molar-refractivity contribution in [3.05, 3.63) is 131 Å². The Hall–Kier alpha value is -4.62. The standard InChI is InChI=1S/C32H28N2O4S/c1-22-11-6-7-14-24(22)19-28(34-31(36)23-12-4-3-5-13-23)32(37)33-25-15-10-16-26(20-25)39-21-29(35)27-17-8-9-18-30(27)38-2/h3-20H,21H2,1-2H3,(H,33,37)(H,34,36)/b28-19-. The summed E-state index contributed by atoms with van der Waals surface area (Å²) in [6.45, 7) is 1.94. The second-order valence-electron chi connectivity index (χ2n) is 8.63. The van der Waals surface area contributed by atoms with E-state index in [0.29, 0.717) is 22.6 Å². The highest BCUT2D eigenvalue weighted by Gasteiger charge is 2.16. The number of methoxy groups -OCH3 is 1. The van der Waals surface area contributed by atoms with Crippen LogP contribution >= 0.6 is 11.8 Å². The van der Waals surface area contributed by atoms with Gasteiger partial charge in [0.15, 0.2) is 5.78 Å². The second-order valence-corrected chi connectivity index (χ2v) is 9.68. The van der Waals surface area contributed by atoms with E-state index in [1.807, 2.05) is 49.4 Å². The minimum atomic E-state index is -0.463. The molecule has 0 heterocycles. The molecule has 6 nitrogen and oxygen atoms in total. The van der Waals surface area contributed by atoms with Gasteiger partial charge >= 0.3 is 0 Å². The molecule has 0 aliphatic carbocycles. The highest BCUT2D eigenvalue weighted by Crippen LogP contribution is 2.25. The third-order valence-corrected chi connectivity index (χ3v) is 6.88. The molecule has 0 radical (unpaired) electrons. The smallest absolute Gasteiger partial charge is 0.272 e. The fraction of sp³-hybridized carbons (Fsp3) is 0.0938. The van der Waals surface area contributed by atoms with Crippen molar-refractivity contribution in [3.63, 3.8) is 0 Å². The van der Waals surface area contributed by atoms with Crippen LogP contribution < -0.4 is 15.4 Å². The van der Waals surface area contributed by atoms with E-state index in [1.54, 1.807) is 66.7 Å². The van der Waals surface area contributed by atoms with Crippen LogP contribution in [0.2, 0.25) is 0 Å². The fourth-order valence-electron chi connectivity index (χ4n) is 3.81. The number of amides is 2. The predicted octanol–water partition coefficient (Wildman–Crippen LogP) is 6.39. The minimum Gasteiger partial charge on any atom is -0.496 e. The van der Waals surface area contributed by atoms with E-state index in [4.69, 9.17) is 4.74 Å². The summed E-state index contributed by atoms with van der Waals surface area (Å²) >= 11 is 1.36. The van der Waals surface area contributed by atoms with E-state index >= 15 is 0 Å². The Bertz CT molecular complexity index is 1520. The average molecular weight is 537 g/mol. The van der Waals surface area contributed by atoms with Crippen molar-refractivity contribution in [3.8, 4) is 5.75 Å². The molecule has 2 amide bonds. The number of rotatable bonds is 10. The largest absolute Gasteiger partial charge is 0.496 e. The van der Waals surface area contributed by atoms with Gasteiger partial charge in [-0.25, -0.2) is 0 Å². The highest BCUT2D eigenvalue weighted by atomic mass is 32.2. The molecule has 2 N–H and O–H groups in total. The fourth-order valence-corrected chi connectivity index (χ4v) is 4.65. The molecule has 0 unspecified atom stereocenters. The molecule has 4 aromatic carbocycles. The van der Waals surface area contributed by atoms with Crippen molar-refractivity contribution >= 4 is 41.1 Å². The van der Waals surface area contributed by atoms with Gasteiger partial charge in [0.1, 0.15) is 11.4 Å². The van der Waals surface area contributed by atoms with Gasteiger partial charge in [0, 0.05) is 16.1 Å². The number of aryl methyl sites for hydroxylation is 1. The molecule has 0 aliphatic rings. The summed E-state index contributed by atoms with van der Waals surface area (Å²) in [4.78, 5) is 39.8. The highest BCUT2D eigenvalue weighted by molar-refractivity contribution is 8.00. The molecule has 39 heavy (non-hydrogen) atoms. The van der Waals surface area contributed by atoms with Crippen LogP contribution in [-0.2, 0) is 4.79 Å². The zero-order chi connectivity index (χ0) is 27.6. The number of Topliss-reactive ketones (excluding diaryl/α,β-unsaturated/α-hetero) is 1. The molecule has 0 fully saturated rings. The SMILES string of the molecule is COc1ccccc1C(=O)CSc1cccc(NC(=O)/C(=C/c2ccccc2C)NC(=O)c2ccccc2)c1. The summed E-state index contributed by atoms with van der Waals surface area (Å²) in [5.74, 6) is -0.156. The Morgan fingerprint density at radius 1 is 0.846 bits per heavy atom. The van der Waals surface area contributed by atoms with Crippen molar-refractivity contribution in [2.24, 2.45) is 0 Å². The third-order valence-electron chi connectivity index (χ3n) is 5.89.